The predicted octanol–water partition coefficient (Wildman–Crippen LogP) is 5.17. The Bertz CT molecular complexity index is 432. The molecule has 4 rings (SSSR count). The van der Waals surface area contributed by atoms with Crippen LogP contribution < -0.4 is 0 Å². The summed E-state index contributed by atoms with van der Waals surface area (Å²) in [6.45, 7) is 7.71. The molecule has 7 atom stereocenters. The summed E-state index contributed by atoms with van der Waals surface area (Å²) in [6, 6.07) is 0. The molecule has 4 aliphatic rings. The smallest absolute Gasteiger partial charge is 0.0545 e. The van der Waals surface area contributed by atoms with Crippen molar-refractivity contribution in [3.8, 4) is 0 Å². The molecule has 0 unspecified atom stereocenters. The van der Waals surface area contributed by atoms with E-state index in [-0.39, 0.29) is 6.10 Å². The van der Waals surface area contributed by atoms with Crippen LogP contribution >= 0.6 is 0 Å². The maximum atomic E-state index is 10.2. The first-order valence-corrected chi connectivity index (χ1v) is 9.56. The normalized spacial score (nSPS) is 60.0. The van der Waals surface area contributed by atoms with E-state index in [0.29, 0.717) is 16.2 Å². The van der Waals surface area contributed by atoms with Gasteiger partial charge in [-0.15, -0.1) is 0 Å². The summed E-state index contributed by atoms with van der Waals surface area (Å²) in [5, 5.41) is 10.2. The Morgan fingerprint density at radius 2 is 1.62 bits per heavy atom. The highest BCUT2D eigenvalue weighted by Crippen LogP contribution is 2.69. The van der Waals surface area contributed by atoms with Gasteiger partial charge < -0.3 is 5.11 Å². The highest BCUT2D eigenvalue weighted by molar-refractivity contribution is 5.11. The quantitative estimate of drug-likeness (QED) is 0.652. The minimum Gasteiger partial charge on any atom is -0.393 e. The monoisotopic (exact) mass is 290 g/mol. The molecule has 0 radical (unpaired) electrons. The number of aliphatic hydroxyl groups excluding tert-OH is 1. The van der Waals surface area contributed by atoms with Crippen LogP contribution in [0, 0.1) is 34.0 Å². The van der Waals surface area contributed by atoms with Gasteiger partial charge in [-0.05, 0) is 91.8 Å². The van der Waals surface area contributed by atoms with Gasteiger partial charge in [0.25, 0.3) is 0 Å². The lowest BCUT2D eigenvalue weighted by Crippen LogP contribution is -2.57. The van der Waals surface area contributed by atoms with Crippen molar-refractivity contribution < 1.29 is 5.11 Å². The van der Waals surface area contributed by atoms with E-state index in [0.717, 1.165) is 30.6 Å². The molecule has 4 fully saturated rings. The van der Waals surface area contributed by atoms with Crippen molar-refractivity contribution in [3.63, 3.8) is 0 Å². The summed E-state index contributed by atoms with van der Waals surface area (Å²) in [7, 11) is 0. The first-order chi connectivity index (χ1) is 9.88. The van der Waals surface area contributed by atoms with Crippen LogP contribution in [0.3, 0.4) is 0 Å². The average Bonchev–Trinajstić information content (AvgIpc) is 2.82. The van der Waals surface area contributed by atoms with Crippen LogP contribution in [-0.4, -0.2) is 11.2 Å². The molecular formula is C20H34O. The Labute approximate surface area is 130 Å². The zero-order valence-electron chi connectivity index (χ0n) is 14.3. The molecule has 0 aromatic carbocycles. The van der Waals surface area contributed by atoms with Crippen molar-refractivity contribution >= 4 is 0 Å². The van der Waals surface area contributed by atoms with E-state index < -0.39 is 0 Å². The fourth-order valence-corrected chi connectivity index (χ4v) is 7.60. The van der Waals surface area contributed by atoms with Crippen LogP contribution in [0.25, 0.3) is 0 Å². The molecule has 120 valence electrons. The molecule has 4 saturated carbocycles. The maximum Gasteiger partial charge on any atom is 0.0545 e. The Morgan fingerprint density at radius 3 is 2.43 bits per heavy atom. The molecule has 0 spiro atoms. The maximum absolute atomic E-state index is 10.2. The summed E-state index contributed by atoms with van der Waals surface area (Å²) >= 11 is 0. The van der Waals surface area contributed by atoms with Gasteiger partial charge in [0.15, 0.2) is 0 Å². The molecule has 1 nitrogen and oxygen atoms in total. The SMILES string of the molecule is C[C@]12CCC[C@H]1[C@H]1CC[C@@]3(C)C[C@@H](O)CC[C@@]3(C)[C@H]1CC2. The topological polar surface area (TPSA) is 20.2 Å². The minimum absolute atomic E-state index is 0.0278. The van der Waals surface area contributed by atoms with Crippen molar-refractivity contribution in [2.75, 3.05) is 0 Å². The third kappa shape index (κ3) is 1.85. The van der Waals surface area contributed by atoms with Crippen molar-refractivity contribution in [2.24, 2.45) is 34.0 Å². The minimum atomic E-state index is -0.0278. The van der Waals surface area contributed by atoms with Gasteiger partial charge in [0.1, 0.15) is 0 Å². The molecule has 0 aliphatic heterocycles. The van der Waals surface area contributed by atoms with Gasteiger partial charge in [0.05, 0.1) is 6.10 Å². The second-order valence-corrected chi connectivity index (χ2v) is 9.88. The average molecular weight is 290 g/mol. The van der Waals surface area contributed by atoms with E-state index in [1.54, 1.807) is 0 Å². The predicted molar refractivity (Wildman–Crippen MR) is 87.0 cm³/mol. The van der Waals surface area contributed by atoms with Gasteiger partial charge >= 0.3 is 0 Å². The zero-order chi connectivity index (χ0) is 14.9. The first-order valence-electron chi connectivity index (χ1n) is 9.56. The van der Waals surface area contributed by atoms with Gasteiger partial charge in [-0.1, -0.05) is 27.2 Å². The van der Waals surface area contributed by atoms with Crippen molar-refractivity contribution in [2.45, 2.75) is 91.1 Å². The molecule has 0 aromatic heterocycles. The number of hydrogen-bond donors (Lipinski definition) is 1. The molecule has 0 heterocycles. The molecule has 4 aliphatic carbocycles. The Kier molecular flexibility index (Phi) is 3.11. The number of fused-ring (bicyclic) bond motifs is 5. The molecule has 0 aromatic rings. The molecule has 0 bridgehead atoms. The number of rotatable bonds is 0. The second kappa shape index (κ2) is 4.49. The van der Waals surface area contributed by atoms with Crippen LogP contribution in [0.2, 0.25) is 0 Å². The first kappa shape index (κ1) is 14.5. The third-order valence-electron chi connectivity index (χ3n) is 9.13. The van der Waals surface area contributed by atoms with Crippen molar-refractivity contribution in [1.29, 1.82) is 0 Å². The molecule has 1 N–H and O–H groups in total. The van der Waals surface area contributed by atoms with Gasteiger partial charge in [-0.2, -0.15) is 0 Å². The van der Waals surface area contributed by atoms with Gasteiger partial charge in [-0.3, -0.25) is 0 Å². The van der Waals surface area contributed by atoms with E-state index in [1.165, 1.54) is 51.4 Å². The molecule has 21 heavy (non-hydrogen) atoms. The summed E-state index contributed by atoms with van der Waals surface area (Å²) in [4.78, 5) is 0. The lowest BCUT2D eigenvalue weighted by molar-refractivity contribution is -0.166. The summed E-state index contributed by atoms with van der Waals surface area (Å²) < 4.78 is 0. The fraction of sp³-hybridized carbons (Fsp3) is 1.00. The number of hydrogen-bond acceptors (Lipinski definition) is 1. The summed E-state index contributed by atoms with van der Waals surface area (Å²) in [5.41, 5.74) is 1.58. The van der Waals surface area contributed by atoms with Gasteiger partial charge in [-0.25, -0.2) is 0 Å². The van der Waals surface area contributed by atoms with E-state index >= 15 is 0 Å². The van der Waals surface area contributed by atoms with Crippen LogP contribution in [0.4, 0.5) is 0 Å². The summed E-state index contributed by atoms with van der Waals surface area (Å²) in [5.74, 6) is 2.96. The fourth-order valence-electron chi connectivity index (χ4n) is 7.60. The standard InChI is InChI=1S/C20H34O/c1-18-9-4-5-16(18)15-7-11-19(2)13-14(21)6-12-20(19,3)17(15)8-10-18/h14-17,21H,4-13H2,1-3H3/t14-,15+,16-,17-,18+,19-,20-/m0/s1. The van der Waals surface area contributed by atoms with Crippen molar-refractivity contribution in [1.82, 2.24) is 0 Å². The number of aliphatic hydroxyl groups is 1. The van der Waals surface area contributed by atoms with Crippen LogP contribution in [0.15, 0.2) is 0 Å². The molecule has 0 amide bonds. The largest absolute Gasteiger partial charge is 0.393 e. The lowest BCUT2D eigenvalue weighted by atomic mass is 9.40. The van der Waals surface area contributed by atoms with E-state index in [1.807, 2.05) is 0 Å². The van der Waals surface area contributed by atoms with E-state index in [9.17, 15) is 5.11 Å². The molecule has 0 saturated heterocycles. The third-order valence-corrected chi connectivity index (χ3v) is 9.13. The lowest BCUT2D eigenvalue weighted by Gasteiger charge is -2.64. The van der Waals surface area contributed by atoms with Crippen LogP contribution in [0.5, 0.6) is 0 Å². The second-order valence-electron chi connectivity index (χ2n) is 9.88. The van der Waals surface area contributed by atoms with Gasteiger partial charge in [0.2, 0.25) is 0 Å². The molecular weight excluding hydrogens is 256 g/mol. The van der Waals surface area contributed by atoms with Gasteiger partial charge in [0, 0.05) is 0 Å². The Morgan fingerprint density at radius 1 is 0.810 bits per heavy atom. The zero-order valence-corrected chi connectivity index (χ0v) is 14.3. The van der Waals surface area contributed by atoms with E-state index in [2.05, 4.69) is 20.8 Å². The van der Waals surface area contributed by atoms with Crippen LogP contribution in [0.1, 0.15) is 85.0 Å². The Balaban J connectivity index is 1.67. The highest BCUT2D eigenvalue weighted by atomic mass is 16.3. The Hall–Kier alpha value is -0.0400. The summed E-state index contributed by atoms with van der Waals surface area (Å²) in [6.07, 6.45) is 13.6. The van der Waals surface area contributed by atoms with E-state index in [4.69, 9.17) is 0 Å². The van der Waals surface area contributed by atoms with Crippen LogP contribution in [-0.2, 0) is 0 Å². The van der Waals surface area contributed by atoms with Crippen molar-refractivity contribution in [3.05, 3.63) is 0 Å². The highest BCUT2D eigenvalue weighted by Gasteiger charge is 2.61. The molecule has 1 heteroatoms.